The SMILES string of the molecule is O=C(O)C1CC(C=C(Br)Br)C1. The van der Waals surface area contributed by atoms with Crippen molar-refractivity contribution < 1.29 is 9.90 Å². The van der Waals surface area contributed by atoms with Gasteiger partial charge in [-0.3, -0.25) is 4.79 Å². The van der Waals surface area contributed by atoms with Crippen LogP contribution in [0.3, 0.4) is 0 Å². The number of carbonyl (C=O) groups is 1. The van der Waals surface area contributed by atoms with Crippen LogP contribution in [-0.2, 0) is 4.79 Å². The molecule has 0 radical (unpaired) electrons. The van der Waals surface area contributed by atoms with Gasteiger partial charge in [0.25, 0.3) is 0 Å². The fraction of sp³-hybridized carbons (Fsp3) is 0.571. The summed E-state index contributed by atoms with van der Waals surface area (Å²) in [6.07, 6.45) is 3.55. The first-order valence-electron chi connectivity index (χ1n) is 3.35. The number of aliphatic carboxylic acids is 1. The summed E-state index contributed by atoms with van der Waals surface area (Å²) in [5.41, 5.74) is 0. The Hall–Kier alpha value is 0.170. The molecular weight excluding hydrogens is 276 g/mol. The number of hydrogen-bond acceptors (Lipinski definition) is 1. The lowest BCUT2D eigenvalue weighted by molar-refractivity contribution is -0.145. The van der Waals surface area contributed by atoms with Crippen molar-refractivity contribution in [3.63, 3.8) is 0 Å². The highest BCUT2D eigenvalue weighted by Gasteiger charge is 2.32. The molecular formula is C7H8Br2O2. The molecule has 0 unspecified atom stereocenters. The summed E-state index contributed by atoms with van der Waals surface area (Å²) in [4.78, 5) is 10.4. The number of allylic oxidation sites excluding steroid dienone is 1. The second-order valence-electron chi connectivity index (χ2n) is 2.72. The standard InChI is InChI=1S/C7H8Br2O2/c8-6(9)3-4-1-5(2-4)7(10)11/h3-5H,1-2H2,(H,10,11). The molecule has 0 amide bonds. The molecule has 1 saturated carbocycles. The van der Waals surface area contributed by atoms with E-state index in [1.807, 2.05) is 6.08 Å². The smallest absolute Gasteiger partial charge is 0.306 e. The molecule has 0 bridgehead atoms. The van der Waals surface area contributed by atoms with Crippen molar-refractivity contribution in [2.75, 3.05) is 0 Å². The van der Waals surface area contributed by atoms with Gasteiger partial charge in [-0.15, -0.1) is 0 Å². The minimum Gasteiger partial charge on any atom is -0.481 e. The van der Waals surface area contributed by atoms with Crippen LogP contribution in [-0.4, -0.2) is 11.1 Å². The molecule has 0 aliphatic heterocycles. The molecule has 4 heteroatoms. The van der Waals surface area contributed by atoms with Gasteiger partial charge in [-0.1, -0.05) is 6.08 Å². The Morgan fingerprint density at radius 2 is 2.00 bits per heavy atom. The van der Waals surface area contributed by atoms with Crippen molar-refractivity contribution >= 4 is 37.8 Å². The zero-order valence-corrected chi connectivity index (χ0v) is 8.93. The van der Waals surface area contributed by atoms with Gasteiger partial charge in [0.15, 0.2) is 0 Å². The number of halogens is 2. The number of hydrogen-bond donors (Lipinski definition) is 1. The predicted molar refractivity (Wildman–Crippen MR) is 49.8 cm³/mol. The van der Waals surface area contributed by atoms with Crippen molar-refractivity contribution in [3.8, 4) is 0 Å². The van der Waals surface area contributed by atoms with Gasteiger partial charge in [0.05, 0.1) is 9.31 Å². The van der Waals surface area contributed by atoms with E-state index in [4.69, 9.17) is 5.11 Å². The van der Waals surface area contributed by atoms with E-state index in [1.165, 1.54) is 0 Å². The average molecular weight is 284 g/mol. The quantitative estimate of drug-likeness (QED) is 0.846. The second-order valence-corrected chi connectivity index (χ2v) is 5.50. The van der Waals surface area contributed by atoms with E-state index in [1.54, 1.807) is 0 Å². The summed E-state index contributed by atoms with van der Waals surface area (Å²) < 4.78 is 0.916. The lowest BCUT2D eigenvalue weighted by atomic mass is 9.75. The Morgan fingerprint density at radius 1 is 1.45 bits per heavy atom. The van der Waals surface area contributed by atoms with Crippen molar-refractivity contribution in [2.24, 2.45) is 11.8 Å². The summed E-state index contributed by atoms with van der Waals surface area (Å²) >= 11 is 6.47. The van der Waals surface area contributed by atoms with Gasteiger partial charge in [-0.2, -0.15) is 0 Å². The molecule has 2 nitrogen and oxygen atoms in total. The summed E-state index contributed by atoms with van der Waals surface area (Å²) in [7, 11) is 0. The van der Waals surface area contributed by atoms with Crippen LogP contribution in [0.15, 0.2) is 9.47 Å². The topological polar surface area (TPSA) is 37.3 Å². The number of carboxylic acids is 1. The zero-order valence-electron chi connectivity index (χ0n) is 5.76. The highest BCUT2D eigenvalue weighted by molar-refractivity contribution is 9.28. The number of carboxylic acid groups (broad SMARTS) is 1. The Labute approximate surface area is 81.9 Å². The van der Waals surface area contributed by atoms with Gasteiger partial charge < -0.3 is 5.11 Å². The van der Waals surface area contributed by atoms with Crippen molar-refractivity contribution in [3.05, 3.63) is 9.47 Å². The monoisotopic (exact) mass is 282 g/mol. The maximum atomic E-state index is 10.4. The van der Waals surface area contributed by atoms with Crippen LogP contribution in [0, 0.1) is 11.8 Å². The summed E-state index contributed by atoms with van der Waals surface area (Å²) in [6.45, 7) is 0. The Kier molecular flexibility index (Phi) is 3.13. The molecule has 1 N–H and O–H groups in total. The first-order valence-corrected chi connectivity index (χ1v) is 4.94. The molecule has 1 fully saturated rings. The Morgan fingerprint density at radius 3 is 2.36 bits per heavy atom. The van der Waals surface area contributed by atoms with Crippen molar-refractivity contribution in [1.82, 2.24) is 0 Å². The highest BCUT2D eigenvalue weighted by Crippen LogP contribution is 2.36. The molecule has 1 aliphatic carbocycles. The van der Waals surface area contributed by atoms with Gasteiger partial charge >= 0.3 is 5.97 Å². The maximum Gasteiger partial charge on any atom is 0.306 e. The molecule has 62 valence electrons. The first-order chi connectivity index (χ1) is 5.09. The molecule has 0 atom stereocenters. The molecule has 0 heterocycles. The van der Waals surface area contributed by atoms with Crippen LogP contribution in [0.2, 0.25) is 0 Å². The summed E-state index contributed by atoms with van der Waals surface area (Å²) in [5, 5.41) is 8.54. The number of rotatable bonds is 2. The lowest BCUT2D eigenvalue weighted by Gasteiger charge is -2.29. The fourth-order valence-electron chi connectivity index (χ4n) is 1.18. The van der Waals surface area contributed by atoms with Gasteiger partial charge in [0, 0.05) is 0 Å². The van der Waals surface area contributed by atoms with Crippen molar-refractivity contribution in [1.29, 1.82) is 0 Å². The molecule has 0 aromatic carbocycles. The third-order valence-electron chi connectivity index (χ3n) is 1.89. The molecule has 0 spiro atoms. The van der Waals surface area contributed by atoms with Crippen LogP contribution in [0.4, 0.5) is 0 Å². The Balaban J connectivity index is 2.30. The average Bonchev–Trinajstić information content (AvgIpc) is 1.75. The fourth-order valence-corrected chi connectivity index (χ4v) is 1.93. The zero-order chi connectivity index (χ0) is 8.43. The van der Waals surface area contributed by atoms with E-state index >= 15 is 0 Å². The Bertz CT molecular complexity index is 191. The first kappa shape index (κ1) is 9.26. The van der Waals surface area contributed by atoms with E-state index in [-0.39, 0.29) is 5.92 Å². The van der Waals surface area contributed by atoms with E-state index in [0.29, 0.717) is 5.92 Å². The maximum absolute atomic E-state index is 10.4. The normalized spacial score (nSPS) is 28.9. The van der Waals surface area contributed by atoms with Crippen molar-refractivity contribution in [2.45, 2.75) is 12.8 Å². The largest absolute Gasteiger partial charge is 0.481 e. The highest BCUT2D eigenvalue weighted by atomic mass is 79.9. The molecule has 11 heavy (non-hydrogen) atoms. The van der Waals surface area contributed by atoms with Gasteiger partial charge in [0.2, 0.25) is 0 Å². The minimum atomic E-state index is -0.666. The van der Waals surface area contributed by atoms with E-state index in [9.17, 15) is 4.79 Å². The van der Waals surface area contributed by atoms with Gasteiger partial charge in [0.1, 0.15) is 0 Å². The molecule has 1 aliphatic rings. The van der Waals surface area contributed by atoms with Crippen LogP contribution in [0.25, 0.3) is 0 Å². The van der Waals surface area contributed by atoms with E-state index in [2.05, 4.69) is 31.9 Å². The third kappa shape index (κ3) is 2.60. The van der Waals surface area contributed by atoms with Crippen LogP contribution in [0.1, 0.15) is 12.8 Å². The minimum absolute atomic E-state index is 0.115. The molecule has 0 saturated heterocycles. The van der Waals surface area contributed by atoms with E-state index < -0.39 is 5.97 Å². The lowest BCUT2D eigenvalue weighted by Crippen LogP contribution is -2.28. The van der Waals surface area contributed by atoms with Gasteiger partial charge in [-0.25, -0.2) is 0 Å². The second kappa shape index (κ2) is 3.72. The van der Waals surface area contributed by atoms with Gasteiger partial charge in [-0.05, 0) is 50.6 Å². The molecule has 0 aromatic heterocycles. The van der Waals surface area contributed by atoms with Crippen LogP contribution >= 0.6 is 31.9 Å². The summed E-state index contributed by atoms with van der Waals surface area (Å²) in [5.74, 6) is -0.346. The molecule has 0 aromatic rings. The third-order valence-corrected chi connectivity index (χ3v) is 2.41. The molecule has 1 rings (SSSR count). The summed E-state index contributed by atoms with van der Waals surface area (Å²) in [6, 6.07) is 0. The van der Waals surface area contributed by atoms with E-state index in [0.717, 1.165) is 16.2 Å². The van der Waals surface area contributed by atoms with Crippen LogP contribution < -0.4 is 0 Å². The van der Waals surface area contributed by atoms with Crippen LogP contribution in [0.5, 0.6) is 0 Å². The predicted octanol–water partition coefficient (Wildman–Crippen LogP) is 2.73.